The third-order valence-electron chi connectivity index (χ3n) is 4.12. The molecule has 0 aliphatic rings. The Morgan fingerprint density at radius 3 is 1.31 bits per heavy atom. The highest BCUT2D eigenvalue weighted by Gasteiger charge is 2.13. The van der Waals surface area contributed by atoms with Gasteiger partial charge in [-0.05, 0) is 114 Å². The highest BCUT2D eigenvalue weighted by Crippen LogP contribution is 2.24. The molecule has 0 aliphatic heterocycles. The van der Waals surface area contributed by atoms with Gasteiger partial charge in [0.15, 0.2) is 0 Å². The average molecular weight is 609 g/mol. The van der Waals surface area contributed by atoms with E-state index >= 15 is 0 Å². The standard InChI is InChI=1S/C14H16O2.C10H13ClO.C4H5BO3.6CH4/c1-14(2,3)16-12-8-6-11(7-9-12)13-5-4-10-15-13;1-10(2,3)12-9-6-4-8(11)5-7-9;6-5(7)4-2-1-3-8-4;;;;;;/h4-10H,1-3H3;4-7H,1-3H3;1-3,6-7H;6*1H4. The molecule has 4 rings (SSSR count). The molecular weight excluding hydrogens is 551 g/mol. The first-order valence-corrected chi connectivity index (χ1v) is 11.9. The number of rotatable bonds is 4. The third-order valence-corrected chi connectivity index (χ3v) is 4.37. The number of hydrogen-bond donors (Lipinski definition) is 2. The Labute approximate surface area is 262 Å². The van der Waals surface area contributed by atoms with Gasteiger partial charge in [0, 0.05) is 10.6 Å². The Morgan fingerprint density at radius 2 is 1.00 bits per heavy atom. The summed E-state index contributed by atoms with van der Waals surface area (Å²) in [5.41, 5.74) is 0.927. The molecule has 240 valence electrons. The largest absolute Gasteiger partial charge is 0.526 e. The second-order valence-electron chi connectivity index (χ2n) is 9.77. The van der Waals surface area contributed by atoms with Gasteiger partial charge in [0.2, 0.25) is 0 Å². The maximum absolute atomic E-state index is 8.37. The maximum atomic E-state index is 8.37. The second kappa shape index (κ2) is 22.5. The van der Waals surface area contributed by atoms with Crippen LogP contribution < -0.4 is 15.1 Å². The fraction of sp³-hybridized carbons (Fsp3) is 0.412. The Balaban J connectivity index is -0.000000159. The zero-order valence-electron chi connectivity index (χ0n) is 21.6. The zero-order valence-corrected chi connectivity index (χ0v) is 22.3. The number of furan rings is 2. The smallest absolute Gasteiger partial charge is 0.488 e. The van der Waals surface area contributed by atoms with Gasteiger partial charge in [0.1, 0.15) is 34.1 Å². The fourth-order valence-electron chi connectivity index (χ4n) is 2.78. The first kappa shape index (κ1) is 48.6. The highest BCUT2D eigenvalue weighted by molar-refractivity contribution is 6.56. The Hall–Kier alpha value is -3.13. The van der Waals surface area contributed by atoms with Gasteiger partial charge in [-0.15, -0.1) is 0 Å². The molecule has 8 heteroatoms. The summed E-state index contributed by atoms with van der Waals surface area (Å²) in [7, 11) is -1.48. The minimum absolute atomic E-state index is 0. The van der Waals surface area contributed by atoms with E-state index in [1.54, 1.807) is 12.3 Å². The van der Waals surface area contributed by atoms with Crippen molar-refractivity contribution in [1.82, 2.24) is 0 Å². The summed E-state index contributed by atoms with van der Waals surface area (Å²) in [6.45, 7) is 12.2. The predicted molar refractivity (Wildman–Crippen MR) is 185 cm³/mol. The summed E-state index contributed by atoms with van der Waals surface area (Å²) in [6, 6.07) is 22.2. The normalized spacial score (nSPS) is 9.36. The van der Waals surface area contributed by atoms with Crippen LogP contribution in [0.4, 0.5) is 0 Å². The van der Waals surface area contributed by atoms with Gasteiger partial charge in [-0.2, -0.15) is 0 Å². The molecule has 0 bridgehead atoms. The molecule has 42 heavy (non-hydrogen) atoms. The molecule has 0 saturated carbocycles. The van der Waals surface area contributed by atoms with Crippen LogP contribution in [-0.2, 0) is 0 Å². The van der Waals surface area contributed by atoms with E-state index in [1.165, 1.54) is 12.3 Å². The fourth-order valence-corrected chi connectivity index (χ4v) is 2.90. The van der Waals surface area contributed by atoms with E-state index in [2.05, 4.69) is 4.42 Å². The maximum Gasteiger partial charge on any atom is 0.526 e. The summed E-state index contributed by atoms with van der Waals surface area (Å²) >= 11 is 5.73. The summed E-state index contributed by atoms with van der Waals surface area (Å²) in [5, 5.41) is 17.5. The molecule has 2 heterocycles. The molecule has 2 N–H and O–H groups in total. The molecule has 6 nitrogen and oxygen atoms in total. The summed E-state index contributed by atoms with van der Waals surface area (Å²) in [4.78, 5) is 0. The van der Waals surface area contributed by atoms with Gasteiger partial charge in [-0.1, -0.05) is 56.2 Å². The topological polar surface area (TPSA) is 85.2 Å². The van der Waals surface area contributed by atoms with Gasteiger partial charge in [-0.3, -0.25) is 0 Å². The van der Waals surface area contributed by atoms with Gasteiger partial charge >= 0.3 is 7.12 Å². The van der Waals surface area contributed by atoms with E-state index in [0.717, 1.165) is 27.8 Å². The zero-order chi connectivity index (χ0) is 26.8. The van der Waals surface area contributed by atoms with Crippen LogP contribution in [0.2, 0.25) is 5.02 Å². The van der Waals surface area contributed by atoms with Crippen LogP contribution in [0.3, 0.4) is 0 Å². The van der Waals surface area contributed by atoms with Crippen LogP contribution in [-0.4, -0.2) is 28.4 Å². The lowest BCUT2D eigenvalue weighted by atomic mass is 9.88. The molecule has 0 unspecified atom stereocenters. The van der Waals surface area contributed by atoms with Crippen molar-refractivity contribution in [3.63, 3.8) is 0 Å². The summed E-state index contributed by atoms with van der Waals surface area (Å²) < 4.78 is 21.3. The van der Waals surface area contributed by atoms with Gasteiger partial charge in [0.05, 0.1) is 12.5 Å². The third kappa shape index (κ3) is 19.9. The molecular formula is C34H58BClO6. The summed E-state index contributed by atoms with van der Waals surface area (Å²) in [6.07, 6.45) is 3.06. The average Bonchev–Trinajstić information content (AvgIpc) is 3.50. The minimum atomic E-state index is -1.48. The van der Waals surface area contributed by atoms with Crippen molar-refractivity contribution in [2.45, 2.75) is 97.3 Å². The van der Waals surface area contributed by atoms with Crippen molar-refractivity contribution in [1.29, 1.82) is 0 Å². The molecule has 2 aromatic heterocycles. The predicted octanol–water partition coefficient (Wildman–Crippen LogP) is 10.4. The first-order valence-electron chi connectivity index (χ1n) is 11.5. The van der Waals surface area contributed by atoms with E-state index in [9.17, 15) is 0 Å². The van der Waals surface area contributed by atoms with Crippen LogP contribution in [0.15, 0.2) is 94.2 Å². The Morgan fingerprint density at radius 1 is 0.595 bits per heavy atom. The van der Waals surface area contributed by atoms with Crippen LogP contribution in [0.5, 0.6) is 11.5 Å². The van der Waals surface area contributed by atoms with E-state index in [1.807, 2.05) is 102 Å². The van der Waals surface area contributed by atoms with Crippen LogP contribution >= 0.6 is 11.6 Å². The van der Waals surface area contributed by atoms with Gasteiger partial charge in [-0.25, -0.2) is 0 Å². The first-order chi connectivity index (χ1) is 16.8. The van der Waals surface area contributed by atoms with E-state index in [-0.39, 0.29) is 61.4 Å². The SMILES string of the molecule is C.C.C.C.C.C.CC(C)(C)Oc1ccc(-c2ccco2)cc1.CC(C)(C)Oc1ccc(Cl)cc1.OB(O)c1ccco1. The molecule has 4 aromatic rings. The lowest BCUT2D eigenvalue weighted by Gasteiger charge is -2.21. The molecule has 0 spiro atoms. The van der Waals surface area contributed by atoms with Crippen LogP contribution in [0.1, 0.15) is 86.1 Å². The van der Waals surface area contributed by atoms with E-state index < -0.39 is 7.12 Å². The van der Waals surface area contributed by atoms with Crippen molar-refractivity contribution in [3.8, 4) is 22.8 Å². The van der Waals surface area contributed by atoms with Crippen molar-refractivity contribution in [2.75, 3.05) is 0 Å². The Kier molecular flexibility index (Phi) is 26.0. The van der Waals surface area contributed by atoms with E-state index in [4.69, 9.17) is 35.5 Å². The van der Waals surface area contributed by atoms with Gasteiger partial charge in [0.25, 0.3) is 0 Å². The van der Waals surface area contributed by atoms with Crippen LogP contribution in [0.25, 0.3) is 11.3 Å². The monoisotopic (exact) mass is 608 g/mol. The lowest BCUT2D eigenvalue weighted by molar-refractivity contribution is 0.130. The second-order valence-corrected chi connectivity index (χ2v) is 10.2. The van der Waals surface area contributed by atoms with Crippen molar-refractivity contribution in [2.24, 2.45) is 0 Å². The minimum Gasteiger partial charge on any atom is -0.488 e. The molecule has 0 radical (unpaired) electrons. The van der Waals surface area contributed by atoms with Crippen molar-refractivity contribution >= 4 is 24.4 Å². The van der Waals surface area contributed by atoms with Crippen molar-refractivity contribution < 1.29 is 28.4 Å². The highest BCUT2D eigenvalue weighted by atomic mass is 35.5. The Bertz CT molecular complexity index is 1110. The van der Waals surface area contributed by atoms with Crippen molar-refractivity contribution in [3.05, 3.63) is 90.3 Å². The molecule has 0 atom stereocenters. The molecule has 0 saturated heterocycles. The van der Waals surface area contributed by atoms with Crippen LogP contribution in [0, 0.1) is 0 Å². The number of benzene rings is 2. The van der Waals surface area contributed by atoms with Gasteiger partial charge < -0.3 is 28.4 Å². The number of hydrogen-bond acceptors (Lipinski definition) is 6. The molecule has 0 fully saturated rings. The number of halogens is 1. The molecule has 2 aromatic carbocycles. The summed E-state index contributed by atoms with van der Waals surface area (Å²) in [5.74, 6) is 2.61. The molecule has 0 aliphatic carbocycles. The molecule has 0 amide bonds. The quantitative estimate of drug-likeness (QED) is 0.224. The van der Waals surface area contributed by atoms with E-state index in [0.29, 0.717) is 0 Å². The number of ether oxygens (including phenoxy) is 2. The lowest BCUT2D eigenvalue weighted by Crippen LogP contribution is -2.27.